The lowest BCUT2D eigenvalue weighted by molar-refractivity contribution is 0.475. The Balaban J connectivity index is 2.48. The van der Waals surface area contributed by atoms with E-state index in [0.717, 1.165) is 10.6 Å². The molecule has 0 amide bonds. The van der Waals surface area contributed by atoms with Gasteiger partial charge in [0.1, 0.15) is 12.9 Å². The smallest absolute Gasteiger partial charge is 0.144 e. The molecule has 0 aromatic heterocycles. The van der Waals surface area contributed by atoms with E-state index >= 15 is 0 Å². The largest absolute Gasteiger partial charge is 0.508 e. The van der Waals surface area contributed by atoms with Crippen LogP contribution in [-0.2, 0) is 4.57 Å². The van der Waals surface area contributed by atoms with Gasteiger partial charge in [0.15, 0.2) is 0 Å². The molecule has 1 unspecified atom stereocenters. The van der Waals surface area contributed by atoms with Gasteiger partial charge in [-0.05, 0) is 42.2 Å². The van der Waals surface area contributed by atoms with Gasteiger partial charge in [-0.1, -0.05) is 12.6 Å². The summed E-state index contributed by atoms with van der Waals surface area (Å²) in [4.78, 5) is 4.48. The Morgan fingerprint density at radius 1 is 1.17 bits per heavy atom. The van der Waals surface area contributed by atoms with Gasteiger partial charge >= 0.3 is 0 Å². The molecular weight excluding hydrogens is 245 g/mol. The number of phenolic OH excluding ortho intramolecular Hbond substituents is 1. The maximum absolute atomic E-state index is 13.0. The van der Waals surface area contributed by atoms with Gasteiger partial charge in [-0.25, -0.2) is 4.99 Å². The molecule has 0 aliphatic carbocycles. The van der Waals surface area contributed by atoms with Gasteiger partial charge < -0.3 is 9.67 Å². The van der Waals surface area contributed by atoms with Crippen LogP contribution >= 0.6 is 7.14 Å². The summed E-state index contributed by atoms with van der Waals surface area (Å²) < 4.78 is 13.0. The van der Waals surface area contributed by atoms with Crippen LogP contribution in [0.2, 0.25) is 0 Å². The van der Waals surface area contributed by atoms with Crippen molar-refractivity contribution in [3.63, 3.8) is 0 Å². The molecule has 0 saturated carbocycles. The second-order valence-corrected chi connectivity index (χ2v) is 7.34. The predicted molar refractivity (Wildman–Crippen MR) is 73.3 cm³/mol. The highest BCUT2D eigenvalue weighted by Crippen LogP contribution is 2.43. The summed E-state index contributed by atoms with van der Waals surface area (Å²) >= 11 is 0. The molecular formula is C14H12NO2P. The summed E-state index contributed by atoms with van der Waals surface area (Å²) in [6.45, 7) is 5.56. The van der Waals surface area contributed by atoms with E-state index in [0.29, 0.717) is 16.3 Å². The fourth-order valence-electron chi connectivity index (χ4n) is 2.21. The van der Waals surface area contributed by atoms with E-state index < -0.39 is 7.14 Å². The van der Waals surface area contributed by atoms with Gasteiger partial charge in [0, 0.05) is 10.6 Å². The Bertz CT molecular complexity index is 811. The quantitative estimate of drug-likeness (QED) is 0.716. The molecule has 1 aliphatic rings. The van der Waals surface area contributed by atoms with Crippen LogP contribution in [0.3, 0.4) is 0 Å². The maximum Gasteiger partial charge on any atom is 0.144 e. The number of hydrogen-bond donors (Lipinski definition) is 1. The molecule has 0 fully saturated rings. The van der Waals surface area contributed by atoms with Crippen LogP contribution in [0.5, 0.6) is 5.75 Å². The van der Waals surface area contributed by atoms with Crippen molar-refractivity contribution < 1.29 is 9.67 Å². The molecule has 90 valence electrons. The average Bonchev–Trinajstić information content (AvgIpc) is 2.32. The number of benzene rings is 2. The first kappa shape index (κ1) is 11.2. The summed E-state index contributed by atoms with van der Waals surface area (Å²) in [5.74, 6) is 0.111. The van der Waals surface area contributed by atoms with Crippen LogP contribution < -0.4 is 21.2 Å². The van der Waals surface area contributed by atoms with Crippen LogP contribution in [-0.4, -0.2) is 11.8 Å². The molecule has 3 nitrogen and oxygen atoms in total. The summed E-state index contributed by atoms with van der Waals surface area (Å²) in [7, 11) is -2.71. The highest BCUT2D eigenvalue weighted by atomic mass is 31.2. The molecule has 1 aliphatic heterocycles. The summed E-state index contributed by atoms with van der Waals surface area (Å²) in [6.07, 6.45) is 0. The highest BCUT2D eigenvalue weighted by molar-refractivity contribution is 7.78. The fraction of sp³-hybridized carbons (Fsp3) is 0.0714. The van der Waals surface area contributed by atoms with E-state index in [-0.39, 0.29) is 5.75 Å². The average molecular weight is 257 g/mol. The molecule has 1 N–H and O–H groups in total. The first-order valence-corrected chi connectivity index (χ1v) is 7.73. The number of nitrogens with zero attached hydrogens (tertiary/aromatic N) is 1. The molecule has 1 atom stereocenters. The van der Waals surface area contributed by atoms with Crippen molar-refractivity contribution in [2.75, 3.05) is 6.66 Å². The van der Waals surface area contributed by atoms with Gasteiger partial charge in [-0.2, -0.15) is 0 Å². The topological polar surface area (TPSA) is 49.7 Å². The molecule has 2 aromatic carbocycles. The van der Waals surface area contributed by atoms with Crippen molar-refractivity contribution in [2.24, 2.45) is 4.99 Å². The Morgan fingerprint density at radius 2 is 1.94 bits per heavy atom. The van der Waals surface area contributed by atoms with Crippen LogP contribution in [0.1, 0.15) is 0 Å². The first-order chi connectivity index (χ1) is 8.48. The highest BCUT2D eigenvalue weighted by Gasteiger charge is 2.29. The zero-order chi connectivity index (χ0) is 12.9. The number of aromatic hydroxyl groups is 1. The van der Waals surface area contributed by atoms with Crippen molar-refractivity contribution in [2.45, 2.75) is 0 Å². The minimum absolute atomic E-state index is 0.111. The minimum atomic E-state index is -2.71. The van der Waals surface area contributed by atoms with E-state index in [1.54, 1.807) is 18.8 Å². The maximum atomic E-state index is 13.0. The van der Waals surface area contributed by atoms with E-state index in [1.165, 1.54) is 6.07 Å². The number of hydrogen-bond acceptors (Lipinski definition) is 3. The molecule has 4 heteroatoms. The van der Waals surface area contributed by atoms with Gasteiger partial charge in [0.2, 0.25) is 0 Å². The molecule has 0 spiro atoms. The summed E-state index contributed by atoms with van der Waals surface area (Å²) in [5, 5.41) is 12.4. The Kier molecular flexibility index (Phi) is 2.23. The standard InChI is InChI=1S/C14H12NO2P/c1-9-3-5-11-13(7-9)18(2,17)14-8-10(16)4-6-12(14)15-11/h3-8,16H,1H2,2H3. The first-order valence-electron chi connectivity index (χ1n) is 5.58. The van der Waals surface area contributed by atoms with Crippen LogP contribution in [0, 0.1) is 0 Å². The van der Waals surface area contributed by atoms with E-state index in [9.17, 15) is 9.67 Å². The van der Waals surface area contributed by atoms with Crippen LogP contribution in [0.15, 0.2) is 41.4 Å². The van der Waals surface area contributed by atoms with Gasteiger partial charge in [0.05, 0.1) is 11.0 Å². The lowest BCUT2D eigenvalue weighted by atomic mass is 10.2. The van der Waals surface area contributed by atoms with E-state index in [1.807, 2.05) is 18.2 Å². The fourth-order valence-corrected chi connectivity index (χ4v) is 4.39. The number of rotatable bonds is 0. The van der Waals surface area contributed by atoms with Gasteiger partial charge in [-0.15, -0.1) is 0 Å². The monoisotopic (exact) mass is 257 g/mol. The third-order valence-corrected chi connectivity index (χ3v) is 5.71. The van der Waals surface area contributed by atoms with Gasteiger partial charge in [0.25, 0.3) is 0 Å². The molecule has 0 bridgehead atoms. The Labute approximate surface area is 105 Å². The summed E-state index contributed by atoms with van der Waals surface area (Å²) in [5.41, 5.74) is 0.669. The lowest BCUT2D eigenvalue weighted by Crippen LogP contribution is -2.35. The predicted octanol–water partition coefficient (Wildman–Crippen LogP) is 1.01. The normalized spacial score (nSPS) is 20.7. The van der Waals surface area contributed by atoms with Crippen molar-refractivity contribution in [1.82, 2.24) is 0 Å². The lowest BCUT2D eigenvalue weighted by Gasteiger charge is -2.20. The van der Waals surface area contributed by atoms with E-state index in [4.69, 9.17) is 0 Å². The molecule has 1 heterocycles. The molecule has 0 radical (unpaired) electrons. The molecule has 3 rings (SSSR count). The molecule has 18 heavy (non-hydrogen) atoms. The third kappa shape index (κ3) is 1.52. The van der Waals surface area contributed by atoms with Crippen LogP contribution in [0.4, 0.5) is 5.69 Å². The minimum Gasteiger partial charge on any atom is -0.508 e. The van der Waals surface area contributed by atoms with Gasteiger partial charge in [-0.3, -0.25) is 0 Å². The Hall–Kier alpha value is -1.86. The SMILES string of the molecule is C=c1ccc2c(c1)P(C)(=O)c1cc(O)ccc1N=2. The van der Waals surface area contributed by atoms with Crippen molar-refractivity contribution in [1.29, 1.82) is 0 Å². The molecule has 2 aromatic rings. The zero-order valence-electron chi connectivity index (χ0n) is 9.92. The second kappa shape index (κ2) is 3.56. The zero-order valence-corrected chi connectivity index (χ0v) is 10.8. The van der Waals surface area contributed by atoms with Crippen LogP contribution in [0.25, 0.3) is 6.58 Å². The summed E-state index contributed by atoms with van der Waals surface area (Å²) in [6, 6.07) is 10.3. The second-order valence-electron chi connectivity index (χ2n) is 4.53. The third-order valence-electron chi connectivity index (χ3n) is 3.16. The van der Waals surface area contributed by atoms with Crippen molar-refractivity contribution in [3.8, 4) is 5.75 Å². The Morgan fingerprint density at radius 3 is 2.72 bits per heavy atom. The number of fused-ring (bicyclic) bond motifs is 2. The number of phenols is 1. The van der Waals surface area contributed by atoms with Crippen molar-refractivity contribution >= 4 is 30.0 Å². The van der Waals surface area contributed by atoms with Crippen molar-refractivity contribution in [3.05, 3.63) is 47.0 Å². The van der Waals surface area contributed by atoms with E-state index in [2.05, 4.69) is 11.6 Å². The molecule has 0 saturated heterocycles.